The Kier molecular flexibility index (Phi) is 2.99. The molecule has 0 radical (unpaired) electrons. The maximum absolute atomic E-state index is 5.74. The number of piperidine rings is 1. The van der Waals surface area contributed by atoms with E-state index >= 15 is 0 Å². The molecule has 1 aliphatic heterocycles. The Labute approximate surface area is 89.1 Å². The Morgan fingerprint density at radius 3 is 2.43 bits per heavy atom. The molecule has 1 fully saturated rings. The molecule has 1 aromatic rings. The van der Waals surface area contributed by atoms with Crippen LogP contribution in [0, 0.1) is 0 Å². The number of aromatic nitrogens is 2. The number of rotatable bonds is 1. The standard InChI is InChI=1S/C10H14ClN3/c1-14-4-2-8(3-5-14)10-12-6-9(11)7-13-10/h6-8H,2-5H2,1H3. The molecule has 76 valence electrons. The molecule has 2 heterocycles. The first-order chi connectivity index (χ1) is 6.75. The molecule has 0 aromatic carbocycles. The van der Waals surface area contributed by atoms with Gasteiger partial charge in [-0.25, -0.2) is 9.97 Å². The summed E-state index contributed by atoms with van der Waals surface area (Å²) in [7, 11) is 2.15. The predicted molar refractivity (Wildman–Crippen MR) is 56.5 cm³/mol. The van der Waals surface area contributed by atoms with Gasteiger partial charge in [0.1, 0.15) is 5.82 Å². The number of nitrogens with zero attached hydrogens (tertiary/aromatic N) is 3. The topological polar surface area (TPSA) is 29.0 Å². The quantitative estimate of drug-likeness (QED) is 0.711. The van der Waals surface area contributed by atoms with Crippen LogP contribution in [0.15, 0.2) is 12.4 Å². The smallest absolute Gasteiger partial charge is 0.131 e. The minimum atomic E-state index is 0.517. The Morgan fingerprint density at radius 2 is 1.86 bits per heavy atom. The van der Waals surface area contributed by atoms with E-state index in [1.165, 1.54) is 0 Å². The summed E-state index contributed by atoms with van der Waals surface area (Å²) in [6.07, 6.45) is 5.67. The van der Waals surface area contributed by atoms with Crippen LogP contribution in [0.2, 0.25) is 5.02 Å². The average Bonchev–Trinajstić information content (AvgIpc) is 2.21. The maximum atomic E-state index is 5.74. The zero-order valence-corrected chi connectivity index (χ0v) is 9.04. The summed E-state index contributed by atoms with van der Waals surface area (Å²) in [5.74, 6) is 1.46. The van der Waals surface area contributed by atoms with E-state index in [-0.39, 0.29) is 0 Å². The second kappa shape index (κ2) is 4.24. The Morgan fingerprint density at radius 1 is 1.29 bits per heavy atom. The molecule has 3 nitrogen and oxygen atoms in total. The van der Waals surface area contributed by atoms with Crippen molar-refractivity contribution in [3.63, 3.8) is 0 Å². The first kappa shape index (κ1) is 9.87. The Bertz CT molecular complexity index is 291. The van der Waals surface area contributed by atoms with Crippen LogP contribution in [0.4, 0.5) is 0 Å². The minimum absolute atomic E-state index is 0.517. The average molecular weight is 212 g/mol. The number of halogens is 1. The van der Waals surface area contributed by atoms with E-state index in [1.807, 2.05) is 0 Å². The molecule has 0 atom stereocenters. The summed E-state index contributed by atoms with van der Waals surface area (Å²) in [6, 6.07) is 0. The fraction of sp³-hybridized carbons (Fsp3) is 0.600. The van der Waals surface area contributed by atoms with E-state index in [0.29, 0.717) is 10.9 Å². The molecule has 2 rings (SSSR count). The predicted octanol–water partition coefficient (Wildman–Crippen LogP) is 1.94. The van der Waals surface area contributed by atoms with Crippen LogP contribution in [0.5, 0.6) is 0 Å². The maximum Gasteiger partial charge on any atom is 0.131 e. The molecule has 0 bridgehead atoms. The van der Waals surface area contributed by atoms with Gasteiger partial charge in [0.25, 0.3) is 0 Å². The highest BCUT2D eigenvalue weighted by Crippen LogP contribution is 2.24. The van der Waals surface area contributed by atoms with Crippen molar-refractivity contribution in [1.82, 2.24) is 14.9 Å². The lowest BCUT2D eigenvalue weighted by Gasteiger charge is -2.27. The van der Waals surface area contributed by atoms with Gasteiger partial charge in [-0.05, 0) is 33.0 Å². The van der Waals surface area contributed by atoms with Crippen LogP contribution >= 0.6 is 11.6 Å². The second-order valence-corrected chi connectivity index (χ2v) is 4.27. The number of likely N-dealkylation sites (tertiary alicyclic amines) is 1. The van der Waals surface area contributed by atoms with E-state index < -0.39 is 0 Å². The minimum Gasteiger partial charge on any atom is -0.306 e. The van der Waals surface area contributed by atoms with Crippen LogP contribution in [0.25, 0.3) is 0 Å². The fourth-order valence-electron chi connectivity index (χ4n) is 1.80. The molecule has 0 saturated carbocycles. The van der Waals surface area contributed by atoms with Gasteiger partial charge in [-0.2, -0.15) is 0 Å². The normalized spacial score (nSPS) is 19.9. The molecule has 1 aliphatic rings. The van der Waals surface area contributed by atoms with Gasteiger partial charge in [0.2, 0.25) is 0 Å². The summed E-state index contributed by atoms with van der Waals surface area (Å²) in [5, 5.41) is 0.613. The van der Waals surface area contributed by atoms with Crippen LogP contribution < -0.4 is 0 Å². The molecular formula is C10H14ClN3. The van der Waals surface area contributed by atoms with Crippen molar-refractivity contribution in [2.24, 2.45) is 0 Å². The van der Waals surface area contributed by atoms with Crippen LogP contribution in [-0.2, 0) is 0 Å². The highest BCUT2D eigenvalue weighted by Gasteiger charge is 2.20. The third-order valence-corrected chi connectivity index (χ3v) is 2.92. The van der Waals surface area contributed by atoms with Gasteiger partial charge < -0.3 is 4.90 Å². The zero-order valence-electron chi connectivity index (χ0n) is 8.28. The largest absolute Gasteiger partial charge is 0.306 e. The van der Waals surface area contributed by atoms with Gasteiger partial charge in [0, 0.05) is 18.3 Å². The van der Waals surface area contributed by atoms with Crippen molar-refractivity contribution in [1.29, 1.82) is 0 Å². The monoisotopic (exact) mass is 211 g/mol. The highest BCUT2D eigenvalue weighted by molar-refractivity contribution is 6.30. The summed E-state index contributed by atoms with van der Waals surface area (Å²) < 4.78 is 0. The SMILES string of the molecule is CN1CCC(c2ncc(Cl)cn2)CC1. The van der Waals surface area contributed by atoms with Crippen molar-refractivity contribution in [3.05, 3.63) is 23.2 Å². The Balaban J connectivity index is 2.05. The van der Waals surface area contributed by atoms with Crippen LogP contribution in [0.1, 0.15) is 24.6 Å². The summed E-state index contributed by atoms with van der Waals surface area (Å²) in [6.45, 7) is 2.27. The van der Waals surface area contributed by atoms with E-state index in [4.69, 9.17) is 11.6 Å². The van der Waals surface area contributed by atoms with Crippen molar-refractivity contribution in [3.8, 4) is 0 Å². The van der Waals surface area contributed by atoms with Crippen molar-refractivity contribution in [2.75, 3.05) is 20.1 Å². The molecule has 1 saturated heterocycles. The fourth-order valence-corrected chi connectivity index (χ4v) is 1.90. The lowest BCUT2D eigenvalue weighted by molar-refractivity contribution is 0.251. The van der Waals surface area contributed by atoms with Gasteiger partial charge >= 0.3 is 0 Å². The van der Waals surface area contributed by atoms with Crippen molar-refractivity contribution in [2.45, 2.75) is 18.8 Å². The lowest BCUT2D eigenvalue weighted by atomic mass is 9.96. The summed E-state index contributed by atoms with van der Waals surface area (Å²) in [4.78, 5) is 10.9. The molecule has 0 spiro atoms. The van der Waals surface area contributed by atoms with Gasteiger partial charge in [0.15, 0.2) is 0 Å². The van der Waals surface area contributed by atoms with Crippen molar-refractivity contribution < 1.29 is 0 Å². The molecule has 4 heteroatoms. The van der Waals surface area contributed by atoms with E-state index in [9.17, 15) is 0 Å². The molecule has 0 aliphatic carbocycles. The third kappa shape index (κ3) is 2.22. The Hall–Kier alpha value is -0.670. The molecular weight excluding hydrogens is 198 g/mol. The van der Waals surface area contributed by atoms with Gasteiger partial charge in [-0.1, -0.05) is 11.6 Å². The second-order valence-electron chi connectivity index (χ2n) is 3.84. The van der Waals surface area contributed by atoms with E-state index in [0.717, 1.165) is 31.8 Å². The van der Waals surface area contributed by atoms with Gasteiger partial charge in [0.05, 0.1) is 5.02 Å². The summed E-state index contributed by atoms with van der Waals surface area (Å²) >= 11 is 5.74. The zero-order chi connectivity index (χ0) is 9.97. The number of hydrogen-bond acceptors (Lipinski definition) is 3. The summed E-state index contributed by atoms with van der Waals surface area (Å²) in [5.41, 5.74) is 0. The number of hydrogen-bond donors (Lipinski definition) is 0. The third-order valence-electron chi connectivity index (χ3n) is 2.72. The highest BCUT2D eigenvalue weighted by atomic mass is 35.5. The lowest BCUT2D eigenvalue weighted by Crippen LogP contribution is -2.29. The molecule has 0 unspecified atom stereocenters. The van der Waals surface area contributed by atoms with Gasteiger partial charge in [-0.3, -0.25) is 0 Å². The van der Waals surface area contributed by atoms with Crippen molar-refractivity contribution >= 4 is 11.6 Å². The molecule has 0 amide bonds. The van der Waals surface area contributed by atoms with Gasteiger partial charge in [-0.15, -0.1) is 0 Å². The van der Waals surface area contributed by atoms with Crippen LogP contribution in [0.3, 0.4) is 0 Å². The van der Waals surface area contributed by atoms with E-state index in [2.05, 4.69) is 21.9 Å². The first-order valence-electron chi connectivity index (χ1n) is 4.91. The first-order valence-corrected chi connectivity index (χ1v) is 5.29. The molecule has 1 aromatic heterocycles. The molecule has 0 N–H and O–H groups in total. The van der Waals surface area contributed by atoms with E-state index in [1.54, 1.807) is 12.4 Å². The van der Waals surface area contributed by atoms with Crippen LogP contribution in [-0.4, -0.2) is 35.0 Å². The molecule has 14 heavy (non-hydrogen) atoms.